The average Bonchev–Trinajstić information content (AvgIpc) is 2.25. The van der Waals surface area contributed by atoms with Gasteiger partial charge in [-0.15, -0.1) is 0 Å². The molecule has 0 aromatic heterocycles. The Morgan fingerprint density at radius 1 is 1.31 bits per heavy atom. The van der Waals surface area contributed by atoms with Crippen LogP contribution in [-0.2, 0) is 0 Å². The van der Waals surface area contributed by atoms with E-state index in [4.69, 9.17) is 10.3 Å². The normalized spacial score (nSPS) is 14.4. The highest BCUT2D eigenvalue weighted by Gasteiger charge is 2.06. The van der Waals surface area contributed by atoms with Gasteiger partial charge in [-0.2, -0.15) is 0 Å². The van der Waals surface area contributed by atoms with Gasteiger partial charge in [0, 0.05) is 12.2 Å². The Morgan fingerprint density at radius 3 is 2.62 bits per heavy atom. The Morgan fingerprint density at radius 2 is 2.00 bits per heavy atom. The zero-order chi connectivity index (χ0) is 11.8. The van der Waals surface area contributed by atoms with E-state index in [2.05, 4.69) is 0 Å². The second kappa shape index (κ2) is 7.61. The molecule has 0 saturated carbocycles. The van der Waals surface area contributed by atoms with Crippen LogP contribution in [0.25, 0.3) is 0 Å². The molecule has 0 spiro atoms. The minimum absolute atomic E-state index is 0.250. The molecule has 0 aliphatic carbocycles. The molecule has 2 atom stereocenters. The summed E-state index contributed by atoms with van der Waals surface area (Å²) in [5.41, 5.74) is 5.64. The first-order valence-electron chi connectivity index (χ1n) is 5.63. The van der Waals surface area contributed by atoms with Crippen molar-refractivity contribution in [2.75, 3.05) is 6.16 Å². The van der Waals surface area contributed by atoms with Crippen LogP contribution in [-0.4, -0.2) is 17.1 Å². The summed E-state index contributed by atoms with van der Waals surface area (Å²) in [6.45, 7) is 2.00. The van der Waals surface area contributed by atoms with E-state index < -0.39 is 8.38 Å². The van der Waals surface area contributed by atoms with Crippen LogP contribution in [0.4, 0.5) is 0 Å². The molecule has 1 aromatic rings. The van der Waals surface area contributed by atoms with Crippen LogP contribution in [0, 0.1) is 0 Å². The van der Waals surface area contributed by atoms with Gasteiger partial charge in [0.15, 0.2) is 0 Å². The largest absolute Gasteiger partial charge is 0.447 e. The molecule has 3 nitrogen and oxygen atoms in total. The van der Waals surface area contributed by atoms with Crippen LogP contribution in [0.5, 0.6) is 5.75 Å². The lowest BCUT2D eigenvalue weighted by Gasteiger charge is -2.12. The molecule has 90 valence electrons. The van der Waals surface area contributed by atoms with E-state index in [1.807, 2.05) is 37.3 Å². The standard InChI is InChI=1S/C12H20NO2P/c1-11(13)7-5-6-10-16(14)15-12-8-3-2-4-9-12/h2-4,8-9,11,14H,5-7,10,13H2,1H3. The number of para-hydroxylation sites is 1. The number of nitrogens with two attached hydrogens (primary N) is 1. The third-order valence-electron chi connectivity index (χ3n) is 2.21. The maximum atomic E-state index is 9.68. The Labute approximate surface area is 98.5 Å². The molecule has 0 heterocycles. The zero-order valence-electron chi connectivity index (χ0n) is 9.67. The highest BCUT2D eigenvalue weighted by molar-refractivity contribution is 7.46. The molecular weight excluding hydrogens is 221 g/mol. The van der Waals surface area contributed by atoms with Gasteiger partial charge in [-0.25, -0.2) is 0 Å². The lowest BCUT2D eigenvalue weighted by atomic mass is 10.2. The van der Waals surface area contributed by atoms with Crippen LogP contribution in [0.1, 0.15) is 26.2 Å². The van der Waals surface area contributed by atoms with E-state index in [-0.39, 0.29) is 6.04 Å². The predicted octanol–water partition coefficient (Wildman–Crippen LogP) is 2.89. The van der Waals surface area contributed by atoms with Crippen LogP contribution in [0.3, 0.4) is 0 Å². The first-order chi connectivity index (χ1) is 7.68. The summed E-state index contributed by atoms with van der Waals surface area (Å²) in [7, 11) is -1.33. The van der Waals surface area contributed by atoms with Crippen molar-refractivity contribution in [2.24, 2.45) is 5.73 Å². The minimum atomic E-state index is -1.33. The summed E-state index contributed by atoms with van der Waals surface area (Å²) < 4.78 is 5.41. The van der Waals surface area contributed by atoms with Crippen LogP contribution in [0.15, 0.2) is 30.3 Å². The fourth-order valence-corrected chi connectivity index (χ4v) is 2.31. The Hall–Kier alpha value is -0.630. The van der Waals surface area contributed by atoms with Crippen LogP contribution in [0.2, 0.25) is 0 Å². The van der Waals surface area contributed by atoms with Gasteiger partial charge in [-0.1, -0.05) is 24.6 Å². The molecule has 0 amide bonds. The summed E-state index contributed by atoms with van der Waals surface area (Å²) in [5, 5.41) is 0. The second-order valence-electron chi connectivity index (χ2n) is 3.95. The van der Waals surface area contributed by atoms with Gasteiger partial charge < -0.3 is 15.2 Å². The van der Waals surface area contributed by atoms with Crippen molar-refractivity contribution in [3.8, 4) is 5.75 Å². The van der Waals surface area contributed by atoms with Crippen molar-refractivity contribution in [1.82, 2.24) is 0 Å². The highest BCUT2D eigenvalue weighted by Crippen LogP contribution is 2.34. The van der Waals surface area contributed by atoms with Crippen molar-refractivity contribution in [2.45, 2.75) is 32.2 Å². The topological polar surface area (TPSA) is 55.5 Å². The molecule has 0 aliphatic heterocycles. The minimum Gasteiger partial charge on any atom is -0.447 e. The Kier molecular flexibility index (Phi) is 6.39. The maximum absolute atomic E-state index is 9.68. The van der Waals surface area contributed by atoms with E-state index >= 15 is 0 Å². The smallest absolute Gasteiger partial charge is 0.227 e. The lowest BCUT2D eigenvalue weighted by Crippen LogP contribution is -2.14. The van der Waals surface area contributed by atoms with Gasteiger partial charge in [-0.05, 0) is 31.9 Å². The van der Waals surface area contributed by atoms with E-state index in [9.17, 15) is 4.89 Å². The van der Waals surface area contributed by atoms with E-state index in [0.29, 0.717) is 0 Å². The van der Waals surface area contributed by atoms with Crippen LogP contribution < -0.4 is 10.3 Å². The fourth-order valence-electron chi connectivity index (χ4n) is 1.36. The first-order valence-corrected chi connectivity index (χ1v) is 7.03. The summed E-state index contributed by atoms with van der Waals surface area (Å²) in [6, 6.07) is 9.68. The maximum Gasteiger partial charge on any atom is 0.227 e. The number of hydrogen-bond acceptors (Lipinski definition) is 3. The van der Waals surface area contributed by atoms with Gasteiger partial charge in [0.25, 0.3) is 0 Å². The lowest BCUT2D eigenvalue weighted by molar-refractivity contribution is 0.481. The van der Waals surface area contributed by atoms with Gasteiger partial charge >= 0.3 is 0 Å². The zero-order valence-corrected chi connectivity index (χ0v) is 10.6. The molecule has 4 heteroatoms. The number of rotatable bonds is 7. The number of hydrogen-bond donors (Lipinski definition) is 2. The third-order valence-corrected chi connectivity index (χ3v) is 3.33. The second-order valence-corrected chi connectivity index (χ2v) is 5.29. The summed E-state index contributed by atoms with van der Waals surface area (Å²) >= 11 is 0. The molecule has 0 aliphatic rings. The first kappa shape index (κ1) is 13.4. The van der Waals surface area contributed by atoms with Gasteiger partial charge in [0.1, 0.15) is 5.75 Å². The van der Waals surface area contributed by atoms with Gasteiger partial charge in [0.2, 0.25) is 8.38 Å². The third kappa shape index (κ3) is 6.06. The van der Waals surface area contributed by atoms with Gasteiger partial charge in [0.05, 0.1) is 0 Å². The molecule has 0 fully saturated rings. The Bertz CT molecular complexity index is 280. The summed E-state index contributed by atoms with van der Waals surface area (Å²) in [4.78, 5) is 9.68. The molecule has 1 rings (SSSR count). The molecule has 3 N–H and O–H groups in total. The monoisotopic (exact) mass is 241 g/mol. The van der Waals surface area contributed by atoms with E-state index in [1.54, 1.807) is 0 Å². The van der Waals surface area contributed by atoms with Crippen molar-refractivity contribution in [1.29, 1.82) is 0 Å². The molecule has 2 unspecified atom stereocenters. The summed E-state index contributed by atoms with van der Waals surface area (Å²) in [5.74, 6) is 0.739. The van der Waals surface area contributed by atoms with Crippen molar-refractivity contribution in [3.05, 3.63) is 30.3 Å². The number of benzene rings is 1. The molecule has 0 saturated heterocycles. The van der Waals surface area contributed by atoms with Crippen LogP contribution >= 0.6 is 8.38 Å². The molecule has 0 bridgehead atoms. The molecule has 1 aromatic carbocycles. The fraction of sp³-hybridized carbons (Fsp3) is 0.500. The van der Waals surface area contributed by atoms with E-state index in [1.165, 1.54) is 0 Å². The molecule has 16 heavy (non-hydrogen) atoms. The predicted molar refractivity (Wildman–Crippen MR) is 68.6 cm³/mol. The Balaban J connectivity index is 2.14. The van der Waals surface area contributed by atoms with Gasteiger partial charge in [-0.3, -0.25) is 0 Å². The molecular formula is C12H20NO2P. The highest BCUT2D eigenvalue weighted by atomic mass is 31.2. The van der Waals surface area contributed by atoms with Crippen molar-refractivity contribution in [3.63, 3.8) is 0 Å². The SMILES string of the molecule is CC(N)CCCCP(O)Oc1ccccc1. The van der Waals surface area contributed by atoms with E-state index in [0.717, 1.165) is 31.2 Å². The average molecular weight is 241 g/mol. The number of unbranched alkanes of at least 4 members (excludes halogenated alkanes) is 1. The van der Waals surface area contributed by atoms with Crippen molar-refractivity contribution >= 4 is 8.38 Å². The quantitative estimate of drug-likeness (QED) is 0.570. The summed E-state index contributed by atoms with van der Waals surface area (Å²) in [6.07, 6.45) is 3.75. The molecule has 0 radical (unpaired) electrons. The van der Waals surface area contributed by atoms with Crippen molar-refractivity contribution < 1.29 is 9.42 Å².